The van der Waals surface area contributed by atoms with Crippen molar-refractivity contribution >= 4 is 34.1 Å². The predicted octanol–water partition coefficient (Wildman–Crippen LogP) is 3.03. The van der Waals surface area contributed by atoms with Gasteiger partial charge in [-0.05, 0) is 18.6 Å². The van der Waals surface area contributed by atoms with Crippen molar-refractivity contribution in [3.8, 4) is 17.2 Å². The maximum Gasteiger partial charge on any atom is 0.236 e. The van der Waals surface area contributed by atoms with Crippen molar-refractivity contribution in [1.82, 2.24) is 19.7 Å². The molecule has 1 N–H and O–H groups in total. The van der Waals surface area contributed by atoms with Gasteiger partial charge in [-0.2, -0.15) is 0 Å². The van der Waals surface area contributed by atoms with Crippen LogP contribution in [0.2, 0.25) is 0 Å². The van der Waals surface area contributed by atoms with Crippen molar-refractivity contribution in [1.29, 1.82) is 0 Å². The van der Waals surface area contributed by atoms with E-state index in [4.69, 9.17) is 9.47 Å². The molecule has 8 nitrogen and oxygen atoms in total. The number of rotatable bonds is 8. The molecule has 10 heteroatoms. The van der Waals surface area contributed by atoms with E-state index in [0.29, 0.717) is 21.8 Å². The Kier molecular flexibility index (Phi) is 6.30. The lowest BCUT2D eigenvalue weighted by molar-refractivity contribution is -0.113. The molecule has 27 heavy (non-hydrogen) atoms. The van der Waals surface area contributed by atoms with Gasteiger partial charge in [-0.3, -0.25) is 14.7 Å². The number of nitrogens with zero attached hydrogens (tertiary/aromatic N) is 4. The van der Waals surface area contributed by atoms with Crippen LogP contribution >= 0.6 is 23.1 Å². The highest BCUT2D eigenvalue weighted by molar-refractivity contribution is 7.99. The summed E-state index contributed by atoms with van der Waals surface area (Å²) in [6.45, 7) is 2.00. The highest BCUT2D eigenvalue weighted by Gasteiger charge is 2.14. The quantitative estimate of drug-likeness (QED) is 0.576. The van der Waals surface area contributed by atoms with Crippen molar-refractivity contribution < 1.29 is 14.3 Å². The molecule has 0 atom stereocenters. The number of nitrogens with one attached hydrogen (secondary N) is 1. The molecule has 1 amide bonds. The van der Waals surface area contributed by atoms with E-state index in [1.165, 1.54) is 23.1 Å². The van der Waals surface area contributed by atoms with Crippen LogP contribution < -0.4 is 14.8 Å². The van der Waals surface area contributed by atoms with Crippen molar-refractivity contribution in [2.24, 2.45) is 0 Å². The van der Waals surface area contributed by atoms with Crippen molar-refractivity contribution in [2.45, 2.75) is 18.5 Å². The van der Waals surface area contributed by atoms with Crippen LogP contribution in [0.1, 0.15) is 11.9 Å². The van der Waals surface area contributed by atoms with Crippen LogP contribution in [0.15, 0.2) is 35.7 Å². The lowest BCUT2D eigenvalue weighted by Gasteiger charge is -2.13. The number of carbonyl (C=O) groups excluding carboxylic acids is 1. The molecule has 0 unspecified atom stereocenters. The summed E-state index contributed by atoms with van der Waals surface area (Å²) < 4.78 is 12.6. The zero-order valence-corrected chi connectivity index (χ0v) is 16.8. The van der Waals surface area contributed by atoms with Gasteiger partial charge in [-0.25, -0.2) is 4.98 Å². The number of carbonyl (C=O) groups is 1. The number of anilines is 1. The Morgan fingerprint density at radius 1 is 1.30 bits per heavy atom. The van der Waals surface area contributed by atoms with E-state index in [1.807, 2.05) is 29.8 Å². The second-order valence-electron chi connectivity index (χ2n) is 5.31. The van der Waals surface area contributed by atoms with Gasteiger partial charge >= 0.3 is 0 Å². The molecular formula is C17H19N5O3S2. The smallest absolute Gasteiger partial charge is 0.236 e. The molecule has 0 saturated carbocycles. The third kappa shape index (κ3) is 4.58. The van der Waals surface area contributed by atoms with E-state index in [0.717, 1.165) is 17.1 Å². The molecule has 2 aromatic heterocycles. The van der Waals surface area contributed by atoms with Crippen LogP contribution in [0.5, 0.6) is 11.5 Å². The lowest BCUT2D eigenvalue weighted by atomic mass is 10.2. The van der Waals surface area contributed by atoms with Gasteiger partial charge < -0.3 is 9.47 Å². The van der Waals surface area contributed by atoms with Crippen LogP contribution in [-0.2, 0) is 11.2 Å². The minimum atomic E-state index is -0.157. The number of amides is 1. The second-order valence-corrected chi connectivity index (χ2v) is 7.31. The van der Waals surface area contributed by atoms with Crippen LogP contribution in [0.3, 0.4) is 0 Å². The van der Waals surface area contributed by atoms with Gasteiger partial charge in [0.2, 0.25) is 11.0 Å². The predicted molar refractivity (Wildman–Crippen MR) is 105 cm³/mol. The first-order valence-corrected chi connectivity index (χ1v) is 9.95. The minimum Gasteiger partial charge on any atom is -0.497 e. The Morgan fingerprint density at radius 3 is 2.85 bits per heavy atom. The van der Waals surface area contributed by atoms with Crippen molar-refractivity contribution in [3.05, 3.63) is 35.6 Å². The zero-order valence-electron chi connectivity index (χ0n) is 15.1. The van der Waals surface area contributed by atoms with Crippen LogP contribution in [0, 0.1) is 0 Å². The first kappa shape index (κ1) is 19.2. The van der Waals surface area contributed by atoms with Crippen molar-refractivity contribution in [3.63, 3.8) is 0 Å². The number of hydrogen-bond donors (Lipinski definition) is 1. The van der Waals surface area contributed by atoms with Crippen LogP contribution in [-0.4, -0.2) is 45.6 Å². The summed E-state index contributed by atoms with van der Waals surface area (Å²) in [6.07, 6.45) is 4.30. The van der Waals surface area contributed by atoms with Gasteiger partial charge in [0.1, 0.15) is 16.5 Å². The number of imidazole rings is 1. The maximum atomic E-state index is 12.2. The van der Waals surface area contributed by atoms with Gasteiger partial charge in [-0.1, -0.05) is 30.0 Å². The Bertz CT molecular complexity index is 925. The van der Waals surface area contributed by atoms with E-state index >= 15 is 0 Å². The summed E-state index contributed by atoms with van der Waals surface area (Å²) in [5, 5.41) is 12.8. The number of aromatic nitrogens is 4. The summed E-state index contributed by atoms with van der Waals surface area (Å²) in [4.78, 5) is 16.5. The monoisotopic (exact) mass is 405 g/mol. The average molecular weight is 406 g/mol. The van der Waals surface area contributed by atoms with Crippen LogP contribution in [0.4, 0.5) is 5.13 Å². The standard InChI is InChI=1S/C17H19N5O3S2/c1-4-15-20-21-16(27-15)19-14(23)10-26-17-18-7-8-22(17)12-6-5-11(24-2)9-13(12)25-3/h5-9H,4,10H2,1-3H3,(H,19,21,23). The van der Waals surface area contributed by atoms with Crippen LogP contribution in [0.25, 0.3) is 5.69 Å². The average Bonchev–Trinajstić information content (AvgIpc) is 3.34. The zero-order chi connectivity index (χ0) is 19.2. The number of aryl methyl sites for hydroxylation is 1. The van der Waals surface area contributed by atoms with E-state index < -0.39 is 0 Å². The fourth-order valence-electron chi connectivity index (χ4n) is 2.30. The molecule has 2 heterocycles. The fourth-order valence-corrected chi connectivity index (χ4v) is 3.76. The molecule has 0 saturated heterocycles. The number of benzene rings is 1. The number of hydrogen-bond acceptors (Lipinski definition) is 8. The summed E-state index contributed by atoms with van der Waals surface area (Å²) in [7, 11) is 3.20. The summed E-state index contributed by atoms with van der Waals surface area (Å²) in [5.74, 6) is 1.40. The first-order chi connectivity index (χ1) is 13.1. The Labute approximate surface area is 164 Å². The summed E-state index contributed by atoms with van der Waals surface area (Å²) in [5.41, 5.74) is 0.815. The second kappa shape index (κ2) is 8.87. The minimum absolute atomic E-state index is 0.157. The van der Waals surface area contributed by atoms with Gasteiger partial charge in [0.05, 0.1) is 25.7 Å². The number of methoxy groups -OCH3 is 2. The Hall–Kier alpha value is -2.59. The van der Waals surface area contributed by atoms with Gasteiger partial charge in [-0.15, -0.1) is 10.2 Å². The van der Waals surface area contributed by atoms with E-state index in [2.05, 4.69) is 20.5 Å². The summed E-state index contributed by atoms with van der Waals surface area (Å²) in [6, 6.07) is 5.54. The van der Waals surface area contributed by atoms with E-state index in [9.17, 15) is 4.79 Å². The topological polar surface area (TPSA) is 91.2 Å². The molecular weight excluding hydrogens is 386 g/mol. The molecule has 1 aromatic carbocycles. The van der Waals surface area contributed by atoms with Crippen molar-refractivity contribution in [2.75, 3.05) is 25.3 Å². The fraction of sp³-hybridized carbons (Fsp3) is 0.294. The molecule has 3 aromatic rings. The molecule has 0 fully saturated rings. The summed E-state index contributed by atoms with van der Waals surface area (Å²) >= 11 is 2.71. The maximum absolute atomic E-state index is 12.2. The Morgan fingerprint density at radius 2 is 2.15 bits per heavy atom. The van der Waals surface area contributed by atoms with E-state index in [-0.39, 0.29) is 11.7 Å². The molecule has 0 aliphatic rings. The largest absolute Gasteiger partial charge is 0.497 e. The highest BCUT2D eigenvalue weighted by atomic mass is 32.2. The number of thioether (sulfide) groups is 1. The molecule has 0 aliphatic carbocycles. The lowest BCUT2D eigenvalue weighted by Crippen LogP contribution is -2.14. The molecule has 3 rings (SSSR count). The SMILES string of the molecule is CCc1nnc(NC(=O)CSc2nccn2-c2ccc(OC)cc2OC)s1. The highest BCUT2D eigenvalue weighted by Crippen LogP contribution is 2.31. The molecule has 0 spiro atoms. The third-order valence-corrected chi connectivity index (χ3v) is 5.55. The molecule has 0 aliphatic heterocycles. The number of ether oxygens (including phenoxy) is 2. The third-order valence-electron chi connectivity index (χ3n) is 3.60. The molecule has 0 radical (unpaired) electrons. The Balaban J connectivity index is 1.69. The molecule has 142 valence electrons. The van der Waals surface area contributed by atoms with Gasteiger partial charge in [0.15, 0.2) is 5.16 Å². The molecule has 0 bridgehead atoms. The normalized spacial score (nSPS) is 10.6. The first-order valence-electron chi connectivity index (χ1n) is 8.15. The van der Waals surface area contributed by atoms with Gasteiger partial charge in [0.25, 0.3) is 0 Å². The van der Waals surface area contributed by atoms with E-state index in [1.54, 1.807) is 26.5 Å². The van der Waals surface area contributed by atoms with Gasteiger partial charge in [0, 0.05) is 18.5 Å².